The predicted octanol–water partition coefficient (Wildman–Crippen LogP) is 4.61. The van der Waals surface area contributed by atoms with E-state index in [1.165, 1.54) is 12.1 Å². The van der Waals surface area contributed by atoms with Crippen molar-refractivity contribution in [3.63, 3.8) is 0 Å². The van der Waals surface area contributed by atoms with Gasteiger partial charge in [0.2, 0.25) is 0 Å². The van der Waals surface area contributed by atoms with Gasteiger partial charge in [-0.05, 0) is 36.8 Å². The highest BCUT2D eigenvalue weighted by atomic mass is 79.9. The highest BCUT2D eigenvalue weighted by Gasteiger charge is 2.13. The molecule has 0 saturated heterocycles. The maximum absolute atomic E-state index is 12.3. The summed E-state index contributed by atoms with van der Waals surface area (Å²) in [4.78, 5) is 12.1. The van der Waals surface area contributed by atoms with Gasteiger partial charge in [-0.3, -0.25) is 4.79 Å². The van der Waals surface area contributed by atoms with E-state index in [-0.39, 0.29) is 11.4 Å². The highest BCUT2D eigenvalue weighted by Crippen LogP contribution is 2.26. The number of ether oxygens (including phenoxy) is 1. The Labute approximate surface area is 129 Å². The molecule has 2 aromatic rings. The third-order valence-electron chi connectivity index (χ3n) is 2.79. The van der Waals surface area contributed by atoms with Crippen LogP contribution in [0.2, 0.25) is 0 Å². The van der Waals surface area contributed by atoms with E-state index >= 15 is 0 Å². The van der Waals surface area contributed by atoms with Gasteiger partial charge < -0.3 is 10.1 Å². The monoisotopic (exact) mass is 355 g/mol. The molecule has 0 spiro atoms. The second-order valence-corrected chi connectivity index (χ2v) is 5.15. The largest absolute Gasteiger partial charge is 0.433 e. The molecule has 2 rings (SSSR count). The van der Waals surface area contributed by atoms with E-state index in [1.54, 1.807) is 30.3 Å². The summed E-state index contributed by atoms with van der Waals surface area (Å²) in [7, 11) is 0. The minimum atomic E-state index is -2.95. The molecule has 0 aliphatic rings. The Hall–Kier alpha value is -1.95. The predicted molar refractivity (Wildman–Crippen MR) is 79.9 cm³/mol. The number of carbonyl (C=O) groups is 1. The molecule has 0 atom stereocenters. The van der Waals surface area contributed by atoms with Gasteiger partial charge in [-0.25, -0.2) is 0 Å². The summed E-state index contributed by atoms with van der Waals surface area (Å²) >= 11 is 3.34. The number of hydrogen-bond donors (Lipinski definition) is 1. The molecule has 0 bridgehead atoms. The van der Waals surface area contributed by atoms with Crippen molar-refractivity contribution in [2.24, 2.45) is 0 Å². The van der Waals surface area contributed by atoms with Gasteiger partial charge in [0.05, 0.1) is 5.69 Å². The minimum absolute atomic E-state index is 0.0768. The van der Waals surface area contributed by atoms with Crippen LogP contribution in [0.25, 0.3) is 0 Å². The van der Waals surface area contributed by atoms with E-state index in [0.717, 1.165) is 10.0 Å². The van der Waals surface area contributed by atoms with Crippen LogP contribution >= 0.6 is 15.9 Å². The number of aryl methyl sites for hydroxylation is 1. The van der Waals surface area contributed by atoms with Crippen LogP contribution in [0.5, 0.6) is 5.75 Å². The number of rotatable bonds is 4. The van der Waals surface area contributed by atoms with Crippen LogP contribution in [0.15, 0.2) is 46.9 Å². The van der Waals surface area contributed by atoms with Crippen LogP contribution in [-0.4, -0.2) is 12.5 Å². The van der Waals surface area contributed by atoms with Gasteiger partial charge in [0, 0.05) is 10.0 Å². The van der Waals surface area contributed by atoms with Gasteiger partial charge in [0.1, 0.15) is 5.75 Å². The topological polar surface area (TPSA) is 38.3 Å². The van der Waals surface area contributed by atoms with E-state index in [1.807, 2.05) is 6.92 Å². The van der Waals surface area contributed by atoms with Crippen LogP contribution < -0.4 is 10.1 Å². The molecule has 1 N–H and O–H groups in total. The van der Waals surface area contributed by atoms with E-state index in [0.29, 0.717) is 5.56 Å². The summed E-state index contributed by atoms with van der Waals surface area (Å²) in [5, 5.41) is 2.56. The summed E-state index contributed by atoms with van der Waals surface area (Å²) in [5.41, 5.74) is 1.60. The molecule has 0 saturated carbocycles. The van der Waals surface area contributed by atoms with Crippen molar-refractivity contribution in [2.75, 3.05) is 5.32 Å². The first kappa shape index (κ1) is 15.4. The van der Waals surface area contributed by atoms with Gasteiger partial charge in [0.25, 0.3) is 5.91 Å². The normalized spacial score (nSPS) is 10.5. The fourth-order valence-corrected chi connectivity index (χ4v) is 2.08. The Kier molecular flexibility index (Phi) is 4.90. The van der Waals surface area contributed by atoms with Crippen molar-refractivity contribution in [3.8, 4) is 5.75 Å². The van der Waals surface area contributed by atoms with Crippen LogP contribution in [0.4, 0.5) is 14.5 Å². The van der Waals surface area contributed by atoms with Gasteiger partial charge >= 0.3 is 6.61 Å². The lowest BCUT2D eigenvalue weighted by Crippen LogP contribution is -2.14. The number of halogens is 3. The van der Waals surface area contributed by atoms with Crippen molar-refractivity contribution in [1.82, 2.24) is 0 Å². The summed E-state index contributed by atoms with van der Waals surface area (Å²) < 4.78 is 29.8. The fraction of sp³-hybridized carbons (Fsp3) is 0.133. The molecular formula is C15H12BrF2NO2. The summed E-state index contributed by atoms with van der Waals surface area (Å²) in [6, 6.07) is 11.2. The molecule has 6 heteroatoms. The van der Waals surface area contributed by atoms with Crippen molar-refractivity contribution in [1.29, 1.82) is 0 Å². The standard InChI is InChI=1S/C15H12BrF2NO2/c1-9-6-7-10(8-11(9)16)14(20)19-12-4-2-3-5-13(12)21-15(17)18/h2-8,15H,1H3,(H,19,20). The van der Waals surface area contributed by atoms with Gasteiger partial charge in [-0.15, -0.1) is 0 Å². The van der Waals surface area contributed by atoms with Crippen molar-refractivity contribution < 1.29 is 18.3 Å². The van der Waals surface area contributed by atoms with Crippen molar-refractivity contribution in [3.05, 3.63) is 58.1 Å². The Balaban J connectivity index is 2.21. The minimum Gasteiger partial charge on any atom is -0.433 e. The zero-order chi connectivity index (χ0) is 15.4. The molecule has 21 heavy (non-hydrogen) atoms. The zero-order valence-electron chi connectivity index (χ0n) is 11.1. The Bertz CT molecular complexity index is 662. The molecule has 110 valence electrons. The number of hydrogen-bond acceptors (Lipinski definition) is 2. The lowest BCUT2D eigenvalue weighted by atomic mass is 10.1. The van der Waals surface area contributed by atoms with Crippen molar-refractivity contribution >= 4 is 27.5 Å². The Morgan fingerprint density at radius 1 is 1.24 bits per heavy atom. The van der Waals surface area contributed by atoms with Crippen LogP contribution in [0.3, 0.4) is 0 Å². The SMILES string of the molecule is Cc1ccc(C(=O)Nc2ccccc2OC(F)F)cc1Br. The number of amides is 1. The summed E-state index contributed by atoms with van der Waals surface area (Å²) in [5.74, 6) is -0.479. The number of benzene rings is 2. The number of alkyl halides is 2. The Morgan fingerprint density at radius 2 is 1.95 bits per heavy atom. The molecule has 3 nitrogen and oxygen atoms in total. The number of carbonyl (C=O) groups excluding carboxylic acids is 1. The Morgan fingerprint density at radius 3 is 2.62 bits per heavy atom. The third-order valence-corrected chi connectivity index (χ3v) is 3.64. The van der Waals surface area contributed by atoms with E-state index < -0.39 is 12.5 Å². The highest BCUT2D eigenvalue weighted by molar-refractivity contribution is 9.10. The first-order valence-corrected chi connectivity index (χ1v) is 6.88. The molecule has 0 aliphatic carbocycles. The van der Waals surface area contributed by atoms with E-state index in [9.17, 15) is 13.6 Å². The molecule has 0 fully saturated rings. The zero-order valence-corrected chi connectivity index (χ0v) is 12.7. The maximum Gasteiger partial charge on any atom is 0.387 e. The van der Waals surface area contributed by atoms with E-state index in [2.05, 4.69) is 26.0 Å². The lowest BCUT2D eigenvalue weighted by molar-refractivity contribution is -0.0493. The third kappa shape index (κ3) is 4.01. The van der Waals surface area contributed by atoms with Gasteiger partial charge in [-0.1, -0.05) is 34.1 Å². The quantitative estimate of drug-likeness (QED) is 0.869. The number of nitrogens with one attached hydrogen (secondary N) is 1. The van der Waals surface area contributed by atoms with Crippen molar-refractivity contribution in [2.45, 2.75) is 13.5 Å². The molecular weight excluding hydrogens is 344 g/mol. The molecule has 2 aromatic carbocycles. The van der Waals surface area contributed by atoms with E-state index in [4.69, 9.17) is 0 Å². The fourth-order valence-electron chi connectivity index (χ4n) is 1.70. The number of anilines is 1. The lowest BCUT2D eigenvalue weighted by Gasteiger charge is -2.12. The first-order valence-electron chi connectivity index (χ1n) is 6.08. The molecule has 0 heterocycles. The number of para-hydroxylation sites is 2. The molecule has 0 radical (unpaired) electrons. The van der Waals surface area contributed by atoms with Crippen LogP contribution in [-0.2, 0) is 0 Å². The smallest absolute Gasteiger partial charge is 0.387 e. The molecule has 1 amide bonds. The van der Waals surface area contributed by atoms with Gasteiger partial charge in [-0.2, -0.15) is 8.78 Å². The molecule has 0 aliphatic heterocycles. The second-order valence-electron chi connectivity index (χ2n) is 4.29. The van der Waals surface area contributed by atoms with Gasteiger partial charge in [0.15, 0.2) is 0 Å². The van der Waals surface area contributed by atoms with Crippen LogP contribution in [0.1, 0.15) is 15.9 Å². The average Bonchev–Trinajstić information content (AvgIpc) is 2.43. The first-order chi connectivity index (χ1) is 9.97. The summed E-state index contributed by atoms with van der Waals surface area (Å²) in [6.07, 6.45) is 0. The molecule has 0 unspecified atom stereocenters. The molecule has 0 aromatic heterocycles. The maximum atomic E-state index is 12.3. The summed E-state index contributed by atoms with van der Waals surface area (Å²) in [6.45, 7) is -1.05. The second kappa shape index (κ2) is 6.67. The van der Waals surface area contributed by atoms with Crippen LogP contribution in [0, 0.1) is 6.92 Å². The average molecular weight is 356 g/mol.